The lowest BCUT2D eigenvalue weighted by Gasteiger charge is -2.41. The first-order chi connectivity index (χ1) is 17.0. The minimum absolute atomic E-state index is 0.0353. The Labute approximate surface area is 206 Å². The van der Waals surface area contributed by atoms with Crippen molar-refractivity contribution in [3.63, 3.8) is 0 Å². The zero-order chi connectivity index (χ0) is 24.5. The van der Waals surface area contributed by atoms with Crippen molar-refractivity contribution in [2.45, 2.75) is 45.1 Å². The van der Waals surface area contributed by atoms with E-state index >= 15 is 0 Å². The van der Waals surface area contributed by atoms with Gasteiger partial charge in [0.05, 0.1) is 24.3 Å². The number of carbonyl (C=O) groups is 1. The molecule has 1 atom stereocenters. The van der Waals surface area contributed by atoms with E-state index in [4.69, 9.17) is 9.72 Å². The zero-order valence-electron chi connectivity index (χ0n) is 20.6. The van der Waals surface area contributed by atoms with E-state index in [0.29, 0.717) is 44.1 Å². The molecule has 35 heavy (non-hydrogen) atoms. The number of piperazine rings is 1. The van der Waals surface area contributed by atoms with Gasteiger partial charge in [-0.2, -0.15) is 5.26 Å². The Hall–Kier alpha value is -3.50. The van der Waals surface area contributed by atoms with E-state index in [-0.39, 0.29) is 11.9 Å². The fourth-order valence-electron chi connectivity index (χ4n) is 5.23. The van der Waals surface area contributed by atoms with E-state index < -0.39 is 0 Å². The highest BCUT2D eigenvalue weighted by atomic mass is 16.5. The van der Waals surface area contributed by atoms with Crippen molar-refractivity contribution in [2.75, 3.05) is 38.3 Å². The molecule has 2 fully saturated rings. The predicted octanol–water partition coefficient (Wildman–Crippen LogP) is 4.43. The van der Waals surface area contributed by atoms with Gasteiger partial charge in [0, 0.05) is 67.6 Å². The van der Waals surface area contributed by atoms with E-state index in [9.17, 15) is 10.1 Å². The molecule has 7 nitrogen and oxygen atoms in total. The summed E-state index contributed by atoms with van der Waals surface area (Å²) < 4.78 is 5.08. The normalized spacial score (nSPS) is 18.1. The molecule has 2 aliphatic rings. The van der Waals surface area contributed by atoms with Crippen LogP contribution in [0.3, 0.4) is 0 Å². The summed E-state index contributed by atoms with van der Waals surface area (Å²) in [5.74, 6) is 1.27. The summed E-state index contributed by atoms with van der Waals surface area (Å²) in [7, 11) is 1.61. The molecule has 1 amide bonds. The van der Waals surface area contributed by atoms with Crippen LogP contribution in [-0.4, -0.2) is 60.2 Å². The number of anilines is 1. The number of amides is 1. The van der Waals surface area contributed by atoms with Crippen LogP contribution in [0.2, 0.25) is 0 Å². The number of carbonyl (C=O) groups excluding carboxylic acids is 1. The molecule has 7 heteroatoms. The molecule has 1 saturated carbocycles. The molecule has 0 N–H and O–H groups in total. The second kappa shape index (κ2) is 9.63. The summed E-state index contributed by atoms with van der Waals surface area (Å²) >= 11 is 0. The van der Waals surface area contributed by atoms with Crippen LogP contribution in [0.25, 0.3) is 21.9 Å². The molecule has 180 valence electrons. The molecular formula is C28H31N5O2. The number of rotatable bonds is 6. The Morgan fingerprint density at radius 2 is 2.03 bits per heavy atom. The number of hydrogen-bond acceptors (Lipinski definition) is 6. The Bertz CT molecular complexity index is 1310. The molecule has 1 aromatic carbocycles. The fraction of sp³-hybridized carbons (Fsp3) is 0.429. The lowest BCUT2D eigenvalue weighted by molar-refractivity contribution is -0.134. The molecule has 2 aromatic heterocycles. The van der Waals surface area contributed by atoms with Gasteiger partial charge in [-0.15, -0.1) is 0 Å². The molecule has 1 aliphatic heterocycles. The van der Waals surface area contributed by atoms with Crippen LogP contribution >= 0.6 is 0 Å². The molecule has 0 unspecified atom stereocenters. The minimum Gasteiger partial charge on any atom is -0.384 e. The Kier molecular flexibility index (Phi) is 6.40. The van der Waals surface area contributed by atoms with Crippen LogP contribution < -0.4 is 4.90 Å². The highest BCUT2D eigenvalue weighted by Gasteiger charge is 2.34. The van der Waals surface area contributed by atoms with Gasteiger partial charge in [0.1, 0.15) is 11.9 Å². The van der Waals surface area contributed by atoms with Crippen molar-refractivity contribution in [3.8, 4) is 17.2 Å². The van der Waals surface area contributed by atoms with Crippen LogP contribution in [0.1, 0.15) is 48.9 Å². The first kappa shape index (κ1) is 23.3. The van der Waals surface area contributed by atoms with Crippen LogP contribution in [0, 0.1) is 18.3 Å². The third kappa shape index (κ3) is 4.35. The molecule has 5 rings (SSSR count). The number of nitriles is 1. The van der Waals surface area contributed by atoms with E-state index in [1.54, 1.807) is 7.11 Å². The van der Waals surface area contributed by atoms with E-state index in [1.807, 2.05) is 36.4 Å². The number of nitrogens with zero attached hydrogens (tertiary/aromatic N) is 5. The summed E-state index contributed by atoms with van der Waals surface area (Å²) in [5.41, 5.74) is 4.74. The van der Waals surface area contributed by atoms with Crippen LogP contribution in [0.5, 0.6) is 0 Å². The van der Waals surface area contributed by atoms with Crippen molar-refractivity contribution in [1.29, 1.82) is 5.26 Å². The lowest BCUT2D eigenvalue weighted by atomic mass is 9.91. The van der Waals surface area contributed by atoms with Crippen LogP contribution in [0.4, 0.5) is 5.82 Å². The number of ether oxygens (including phenoxy) is 1. The monoisotopic (exact) mass is 469 g/mol. The molecule has 1 aliphatic carbocycles. The molecule has 0 bridgehead atoms. The first-order valence-corrected chi connectivity index (χ1v) is 12.3. The summed E-state index contributed by atoms with van der Waals surface area (Å²) in [6.45, 7) is 6.46. The summed E-state index contributed by atoms with van der Waals surface area (Å²) in [6.07, 6.45) is 6.40. The quantitative estimate of drug-likeness (QED) is 0.531. The maximum Gasteiger partial charge on any atom is 0.225 e. The van der Waals surface area contributed by atoms with E-state index in [1.165, 1.54) is 0 Å². The van der Waals surface area contributed by atoms with Crippen LogP contribution in [-0.2, 0) is 9.53 Å². The summed E-state index contributed by atoms with van der Waals surface area (Å²) in [6, 6.07) is 10.7. The van der Waals surface area contributed by atoms with Crippen molar-refractivity contribution in [3.05, 3.63) is 53.5 Å². The van der Waals surface area contributed by atoms with Gasteiger partial charge in [-0.1, -0.05) is 24.3 Å². The Balaban J connectivity index is 1.55. The van der Waals surface area contributed by atoms with Crippen LogP contribution in [0.15, 0.2) is 36.7 Å². The first-order valence-electron chi connectivity index (χ1n) is 12.3. The van der Waals surface area contributed by atoms with Gasteiger partial charge >= 0.3 is 0 Å². The van der Waals surface area contributed by atoms with Gasteiger partial charge in [0.15, 0.2) is 0 Å². The number of methoxy groups -OCH3 is 1. The molecule has 3 heterocycles. The second-order valence-electron chi connectivity index (χ2n) is 9.61. The van der Waals surface area contributed by atoms with Gasteiger partial charge in [-0.25, -0.2) is 4.98 Å². The van der Waals surface area contributed by atoms with Gasteiger partial charge in [0.25, 0.3) is 0 Å². The maximum atomic E-state index is 12.6. The smallest absolute Gasteiger partial charge is 0.225 e. The number of benzene rings is 1. The lowest BCUT2D eigenvalue weighted by Crippen LogP contribution is -2.54. The maximum absolute atomic E-state index is 12.6. The zero-order valence-corrected chi connectivity index (χ0v) is 20.6. The average Bonchev–Trinajstić information content (AvgIpc) is 3.72. The third-order valence-corrected chi connectivity index (χ3v) is 7.24. The van der Waals surface area contributed by atoms with Crippen molar-refractivity contribution in [2.24, 2.45) is 0 Å². The second-order valence-corrected chi connectivity index (χ2v) is 9.61. The number of pyridine rings is 2. The largest absolute Gasteiger partial charge is 0.384 e. The van der Waals surface area contributed by atoms with Gasteiger partial charge in [-0.3, -0.25) is 9.78 Å². The standard InChI is InChI=1S/C28H31N5O2/c1-18-17-32(11-12-33(18)25(34)10-13-35-3)28-23(14-29)19(2)26(27(31-28)20-8-9-20)24-16-30-15-21-6-4-5-7-22(21)24/h4-7,15-16,18,20H,8-13,17H2,1-3H3/t18-/m1/s1. The number of hydrogen-bond donors (Lipinski definition) is 0. The SMILES string of the molecule is COCCC(=O)N1CCN(c2nc(C3CC3)c(-c3cncc4ccccc34)c(C)c2C#N)C[C@H]1C. The highest BCUT2D eigenvalue weighted by Crippen LogP contribution is 2.47. The topological polar surface area (TPSA) is 82.3 Å². The van der Waals surface area contributed by atoms with E-state index in [0.717, 1.165) is 51.8 Å². The third-order valence-electron chi connectivity index (χ3n) is 7.24. The van der Waals surface area contributed by atoms with Crippen molar-refractivity contribution in [1.82, 2.24) is 14.9 Å². The average molecular weight is 470 g/mol. The summed E-state index contributed by atoms with van der Waals surface area (Å²) in [4.78, 5) is 26.4. The minimum atomic E-state index is 0.0353. The van der Waals surface area contributed by atoms with Crippen molar-refractivity contribution < 1.29 is 9.53 Å². The molecule has 0 spiro atoms. The Morgan fingerprint density at radius 1 is 1.23 bits per heavy atom. The molecule has 1 saturated heterocycles. The highest BCUT2D eigenvalue weighted by molar-refractivity contribution is 5.98. The number of aromatic nitrogens is 2. The molecule has 0 radical (unpaired) electrons. The predicted molar refractivity (Wildman–Crippen MR) is 136 cm³/mol. The van der Waals surface area contributed by atoms with Crippen molar-refractivity contribution >= 4 is 22.5 Å². The molecular weight excluding hydrogens is 438 g/mol. The van der Waals surface area contributed by atoms with E-state index in [2.05, 4.69) is 35.0 Å². The van der Waals surface area contributed by atoms with Gasteiger partial charge < -0.3 is 14.5 Å². The van der Waals surface area contributed by atoms with Gasteiger partial charge in [0.2, 0.25) is 5.91 Å². The fourth-order valence-corrected chi connectivity index (χ4v) is 5.23. The number of fused-ring (bicyclic) bond motifs is 1. The van der Waals surface area contributed by atoms with Gasteiger partial charge in [-0.05, 0) is 37.6 Å². The molecule has 3 aromatic rings. The Morgan fingerprint density at radius 3 is 2.74 bits per heavy atom. The summed E-state index contributed by atoms with van der Waals surface area (Å²) in [5, 5.41) is 12.5.